The van der Waals surface area contributed by atoms with Gasteiger partial charge in [0.05, 0.1) is 23.0 Å². The van der Waals surface area contributed by atoms with Crippen molar-refractivity contribution in [3.05, 3.63) is 101 Å². The lowest BCUT2D eigenvalue weighted by atomic mass is 9.99. The molecule has 2 aromatic heterocycles. The van der Waals surface area contributed by atoms with Gasteiger partial charge in [-0.05, 0) is 49.5 Å². The molecule has 0 saturated heterocycles. The van der Waals surface area contributed by atoms with Gasteiger partial charge in [0.15, 0.2) is 0 Å². The molecule has 0 N–H and O–H groups in total. The van der Waals surface area contributed by atoms with Gasteiger partial charge in [0.2, 0.25) is 0 Å². The summed E-state index contributed by atoms with van der Waals surface area (Å²) in [5.74, 6) is 0.698. The van der Waals surface area contributed by atoms with Crippen LogP contribution in [-0.4, -0.2) is 40.7 Å². The van der Waals surface area contributed by atoms with Crippen LogP contribution in [0, 0.1) is 11.3 Å². The summed E-state index contributed by atoms with van der Waals surface area (Å²) in [5.41, 5.74) is 3.47. The highest BCUT2D eigenvalue weighted by Gasteiger charge is 2.15. The quantitative estimate of drug-likeness (QED) is 0.342. The zero-order valence-corrected chi connectivity index (χ0v) is 20.0. The summed E-state index contributed by atoms with van der Waals surface area (Å²) in [6.45, 7) is 7.61. The fourth-order valence-corrected chi connectivity index (χ4v) is 4.01. The predicted octanol–water partition coefficient (Wildman–Crippen LogP) is 5.16. The van der Waals surface area contributed by atoms with Crippen LogP contribution in [-0.2, 0) is 0 Å². The van der Waals surface area contributed by atoms with E-state index >= 15 is 0 Å². The van der Waals surface area contributed by atoms with Crippen molar-refractivity contribution in [2.45, 2.75) is 13.8 Å². The molecule has 0 saturated carbocycles. The Bertz CT molecular complexity index is 1390. The first-order valence-electron chi connectivity index (χ1n) is 11.8. The Labute approximate surface area is 205 Å². The fraction of sp³-hybridized carbons (Fsp3) is 0.207. The second kappa shape index (κ2) is 11.3. The average Bonchev–Trinajstić information content (AvgIpc) is 2.92. The molecule has 2 heterocycles. The number of nitrogens with zero attached hydrogens (tertiary/aromatic N) is 4. The molecule has 0 amide bonds. The van der Waals surface area contributed by atoms with Gasteiger partial charge in [0.1, 0.15) is 12.4 Å². The number of aromatic nitrogens is 2. The summed E-state index contributed by atoms with van der Waals surface area (Å²) in [5, 5.41) is 9.65. The van der Waals surface area contributed by atoms with Crippen molar-refractivity contribution in [1.82, 2.24) is 14.5 Å². The lowest BCUT2D eigenvalue weighted by Gasteiger charge is -2.18. The molecule has 35 heavy (non-hydrogen) atoms. The summed E-state index contributed by atoms with van der Waals surface area (Å²) in [6, 6.07) is 24.3. The van der Waals surface area contributed by atoms with E-state index in [-0.39, 0.29) is 5.56 Å². The number of pyridine rings is 2. The highest BCUT2D eigenvalue weighted by atomic mass is 16.5. The maximum absolute atomic E-state index is 13.7. The van der Waals surface area contributed by atoms with E-state index in [0.29, 0.717) is 34.7 Å². The van der Waals surface area contributed by atoms with Crippen LogP contribution in [0.1, 0.15) is 19.4 Å². The van der Waals surface area contributed by atoms with Crippen molar-refractivity contribution in [1.29, 1.82) is 5.26 Å². The zero-order valence-electron chi connectivity index (χ0n) is 20.0. The molecule has 0 spiro atoms. The summed E-state index contributed by atoms with van der Waals surface area (Å²) in [6.07, 6.45) is 3.51. The first kappa shape index (κ1) is 23.9. The molecule has 0 fully saturated rings. The van der Waals surface area contributed by atoms with Crippen LogP contribution in [0.2, 0.25) is 0 Å². The van der Waals surface area contributed by atoms with Gasteiger partial charge in [-0.1, -0.05) is 44.2 Å². The molecule has 0 radical (unpaired) electrons. The van der Waals surface area contributed by atoms with Crippen LogP contribution in [0.15, 0.2) is 90.0 Å². The summed E-state index contributed by atoms with van der Waals surface area (Å²) >= 11 is 0. The van der Waals surface area contributed by atoms with Gasteiger partial charge in [-0.15, -0.1) is 0 Å². The molecule has 0 aliphatic heterocycles. The smallest absolute Gasteiger partial charge is 0.263 e. The molecular weight excluding hydrogens is 436 g/mol. The Morgan fingerprint density at radius 1 is 0.971 bits per heavy atom. The Morgan fingerprint density at radius 3 is 2.51 bits per heavy atom. The van der Waals surface area contributed by atoms with E-state index in [9.17, 15) is 10.1 Å². The number of ether oxygens (including phenoxy) is 1. The number of rotatable bonds is 9. The molecule has 0 unspecified atom stereocenters. The van der Waals surface area contributed by atoms with Crippen LogP contribution >= 0.6 is 0 Å². The monoisotopic (exact) mass is 464 g/mol. The number of likely N-dealkylation sites (N-methyl/N-ethyl adjacent to an activating group) is 1. The van der Waals surface area contributed by atoms with E-state index in [1.165, 1.54) is 0 Å². The van der Waals surface area contributed by atoms with Gasteiger partial charge in [-0.3, -0.25) is 14.3 Å². The molecule has 176 valence electrons. The van der Waals surface area contributed by atoms with Gasteiger partial charge < -0.3 is 9.64 Å². The average molecular weight is 465 g/mol. The molecule has 0 atom stereocenters. The Kier molecular flexibility index (Phi) is 7.71. The van der Waals surface area contributed by atoms with Gasteiger partial charge in [-0.25, -0.2) is 0 Å². The summed E-state index contributed by atoms with van der Waals surface area (Å²) in [4.78, 5) is 20.5. The second-order valence-corrected chi connectivity index (χ2v) is 8.06. The van der Waals surface area contributed by atoms with E-state index in [2.05, 4.69) is 29.8 Å². The largest absolute Gasteiger partial charge is 0.492 e. The minimum absolute atomic E-state index is 0.215. The van der Waals surface area contributed by atoms with Crippen LogP contribution in [0.25, 0.3) is 28.1 Å². The molecule has 0 aliphatic rings. The Hall–Kier alpha value is -4.21. The van der Waals surface area contributed by atoms with E-state index < -0.39 is 0 Å². The van der Waals surface area contributed by atoms with E-state index in [4.69, 9.17) is 4.74 Å². The van der Waals surface area contributed by atoms with Crippen LogP contribution in [0.5, 0.6) is 5.75 Å². The Morgan fingerprint density at radius 2 is 1.77 bits per heavy atom. The van der Waals surface area contributed by atoms with Gasteiger partial charge >= 0.3 is 0 Å². The first-order valence-corrected chi connectivity index (χ1v) is 11.8. The van der Waals surface area contributed by atoms with Crippen LogP contribution in [0.3, 0.4) is 0 Å². The van der Waals surface area contributed by atoms with Crippen LogP contribution < -0.4 is 10.3 Å². The number of nitriles is 1. The van der Waals surface area contributed by atoms with E-state index in [1.807, 2.05) is 54.6 Å². The third-order valence-corrected chi connectivity index (χ3v) is 5.98. The summed E-state index contributed by atoms with van der Waals surface area (Å²) < 4.78 is 7.60. The Balaban J connectivity index is 1.79. The molecule has 2 aromatic carbocycles. The maximum atomic E-state index is 13.7. The maximum Gasteiger partial charge on any atom is 0.263 e. The van der Waals surface area contributed by atoms with Crippen molar-refractivity contribution in [2.24, 2.45) is 0 Å². The lowest BCUT2D eigenvalue weighted by Crippen LogP contribution is -2.27. The van der Waals surface area contributed by atoms with E-state index in [0.717, 1.165) is 30.9 Å². The summed E-state index contributed by atoms with van der Waals surface area (Å²) in [7, 11) is 0. The molecule has 4 aromatic rings. The molecule has 6 heteroatoms. The topological polar surface area (TPSA) is 71.2 Å². The SMILES string of the molecule is CCN(CC)CCOc1cccc(-n2cc(-c3ccccn3)cc(-c3ccccc3C#N)c2=O)c1. The number of benzene rings is 2. The molecule has 4 rings (SSSR count). The standard InChI is InChI=1S/C29H28N4O2/c1-3-32(4-2)16-17-35-25-12-9-11-24(19-25)33-21-23(28-14-7-8-15-31-28)18-27(29(33)34)26-13-6-5-10-22(26)20-30/h5-15,18-19,21H,3-4,16-17H2,1-2H3. The third-order valence-electron chi connectivity index (χ3n) is 5.98. The van der Waals surface area contributed by atoms with Gasteiger partial charge in [0.25, 0.3) is 5.56 Å². The van der Waals surface area contributed by atoms with Gasteiger partial charge in [0, 0.05) is 41.7 Å². The molecule has 0 aliphatic carbocycles. The zero-order chi connectivity index (χ0) is 24.6. The van der Waals surface area contributed by atoms with Crippen LogP contribution in [0.4, 0.5) is 0 Å². The molecule has 6 nitrogen and oxygen atoms in total. The highest BCUT2D eigenvalue weighted by Crippen LogP contribution is 2.26. The first-order chi connectivity index (χ1) is 17.1. The van der Waals surface area contributed by atoms with Crippen molar-refractivity contribution in [2.75, 3.05) is 26.2 Å². The lowest BCUT2D eigenvalue weighted by molar-refractivity contribution is 0.223. The molecule has 0 bridgehead atoms. The minimum atomic E-state index is -0.215. The fourth-order valence-electron chi connectivity index (χ4n) is 4.01. The van der Waals surface area contributed by atoms with Crippen molar-refractivity contribution >= 4 is 0 Å². The van der Waals surface area contributed by atoms with Gasteiger partial charge in [-0.2, -0.15) is 5.26 Å². The normalized spacial score (nSPS) is 10.8. The molecular formula is C29H28N4O2. The number of hydrogen-bond donors (Lipinski definition) is 0. The van der Waals surface area contributed by atoms with E-state index in [1.54, 1.807) is 35.2 Å². The minimum Gasteiger partial charge on any atom is -0.492 e. The van der Waals surface area contributed by atoms with Crippen molar-refractivity contribution < 1.29 is 4.74 Å². The third kappa shape index (κ3) is 5.48. The second-order valence-electron chi connectivity index (χ2n) is 8.06. The van der Waals surface area contributed by atoms with Crippen molar-refractivity contribution in [3.8, 4) is 39.9 Å². The van der Waals surface area contributed by atoms with Crippen molar-refractivity contribution in [3.63, 3.8) is 0 Å². The predicted molar refractivity (Wildman–Crippen MR) is 139 cm³/mol. The highest BCUT2D eigenvalue weighted by molar-refractivity contribution is 5.74. The number of hydrogen-bond acceptors (Lipinski definition) is 5.